The lowest BCUT2D eigenvalue weighted by molar-refractivity contribution is 0.0921. The summed E-state index contributed by atoms with van der Waals surface area (Å²) in [6.45, 7) is 2.59. The molecule has 2 N–H and O–H groups in total. The summed E-state index contributed by atoms with van der Waals surface area (Å²) in [7, 11) is 0. The Labute approximate surface area is 168 Å². The van der Waals surface area contributed by atoms with Crippen molar-refractivity contribution in [3.63, 3.8) is 0 Å². The number of para-hydroxylation sites is 1. The Hall–Kier alpha value is -3.12. The van der Waals surface area contributed by atoms with Gasteiger partial charge in [0.05, 0.1) is 12.9 Å². The van der Waals surface area contributed by atoms with Crippen LogP contribution in [0, 0.1) is 5.82 Å². The molecule has 6 heteroatoms. The first kappa shape index (κ1) is 19.2. The molecule has 1 aromatic heterocycles. The number of furan rings is 1. The number of fused-ring (bicyclic) bond motifs is 1. The SMILES string of the molecule is CC1Cc2ccccc2N1Cc1ccoc1C(=O)NCc1ccc(F)c(CO)c1. The number of nitrogens with zero attached hydrogens (tertiary/aromatic N) is 1. The van der Waals surface area contributed by atoms with Crippen molar-refractivity contribution in [3.8, 4) is 0 Å². The van der Waals surface area contributed by atoms with E-state index in [-0.39, 0.29) is 30.4 Å². The zero-order chi connectivity index (χ0) is 20.4. The van der Waals surface area contributed by atoms with E-state index in [9.17, 15) is 14.3 Å². The number of aliphatic hydroxyl groups excluding tert-OH is 1. The molecule has 0 fully saturated rings. The number of amides is 1. The highest BCUT2D eigenvalue weighted by molar-refractivity contribution is 5.93. The number of carbonyl (C=O) groups excluding carboxylic acids is 1. The van der Waals surface area contributed by atoms with Gasteiger partial charge in [-0.05, 0) is 48.7 Å². The standard InChI is InChI=1S/C23H23FN2O3/c1-15-10-17-4-2-3-5-21(17)26(15)13-18-8-9-29-22(18)23(28)25-12-16-6-7-20(24)19(11-16)14-27/h2-9,11,15,27H,10,12-14H2,1H3,(H,25,28). The highest BCUT2D eigenvalue weighted by Gasteiger charge is 2.27. The fourth-order valence-corrected chi connectivity index (χ4v) is 3.84. The van der Waals surface area contributed by atoms with Gasteiger partial charge in [-0.25, -0.2) is 4.39 Å². The van der Waals surface area contributed by atoms with Crippen molar-refractivity contribution < 1.29 is 18.7 Å². The van der Waals surface area contributed by atoms with Crippen LogP contribution in [-0.4, -0.2) is 17.1 Å². The maximum absolute atomic E-state index is 13.5. The number of nitrogens with one attached hydrogen (secondary N) is 1. The fourth-order valence-electron chi connectivity index (χ4n) is 3.84. The zero-order valence-corrected chi connectivity index (χ0v) is 16.2. The van der Waals surface area contributed by atoms with E-state index in [1.54, 1.807) is 12.1 Å². The maximum atomic E-state index is 13.5. The van der Waals surface area contributed by atoms with E-state index in [1.807, 2.05) is 18.2 Å². The van der Waals surface area contributed by atoms with Gasteiger partial charge in [0, 0.05) is 35.9 Å². The molecule has 0 saturated heterocycles. The minimum Gasteiger partial charge on any atom is -0.459 e. The molecular weight excluding hydrogens is 371 g/mol. The summed E-state index contributed by atoms with van der Waals surface area (Å²) in [6.07, 6.45) is 2.51. The molecule has 29 heavy (non-hydrogen) atoms. The van der Waals surface area contributed by atoms with Crippen LogP contribution in [0.15, 0.2) is 59.2 Å². The van der Waals surface area contributed by atoms with Gasteiger partial charge in [-0.15, -0.1) is 0 Å². The fraction of sp³-hybridized carbons (Fsp3) is 0.261. The number of hydrogen-bond donors (Lipinski definition) is 2. The molecule has 1 unspecified atom stereocenters. The molecular formula is C23H23FN2O3. The largest absolute Gasteiger partial charge is 0.459 e. The summed E-state index contributed by atoms with van der Waals surface area (Å²) in [5.74, 6) is -0.498. The van der Waals surface area contributed by atoms with Gasteiger partial charge in [-0.2, -0.15) is 0 Å². The quantitative estimate of drug-likeness (QED) is 0.668. The third kappa shape index (κ3) is 3.89. The van der Waals surface area contributed by atoms with Crippen molar-refractivity contribution in [2.24, 2.45) is 0 Å². The molecule has 0 radical (unpaired) electrons. The summed E-state index contributed by atoms with van der Waals surface area (Å²) in [4.78, 5) is 15.0. The maximum Gasteiger partial charge on any atom is 0.287 e. The van der Waals surface area contributed by atoms with Gasteiger partial charge in [0.15, 0.2) is 5.76 Å². The minimum absolute atomic E-state index is 0.206. The molecule has 0 aliphatic carbocycles. The van der Waals surface area contributed by atoms with Gasteiger partial charge in [-0.1, -0.05) is 24.3 Å². The average Bonchev–Trinajstić information content (AvgIpc) is 3.32. The van der Waals surface area contributed by atoms with Gasteiger partial charge in [-0.3, -0.25) is 4.79 Å². The molecule has 4 rings (SSSR count). The third-order valence-electron chi connectivity index (χ3n) is 5.38. The van der Waals surface area contributed by atoms with Crippen LogP contribution in [0.25, 0.3) is 0 Å². The van der Waals surface area contributed by atoms with E-state index in [2.05, 4.69) is 29.3 Å². The summed E-state index contributed by atoms with van der Waals surface area (Å²) in [6, 6.07) is 14.9. The predicted molar refractivity (Wildman–Crippen MR) is 108 cm³/mol. The Morgan fingerprint density at radius 2 is 2.07 bits per heavy atom. The molecule has 150 valence electrons. The molecule has 5 nitrogen and oxygen atoms in total. The number of anilines is 1. The van der Waals surface area contributed by atoms with Crippen LogP contribution in [-0.2, 0) is 26.1 Å². The monoisotopic (exact) mass is 394 g/mol. The Bertz CT molecular complexity index is 1030. The molecule has 2 heterocycles. The normalized spacial score (nSPS) is 15.4. The Morgan fingerprint density at radius 3 is 2.90 bits per heavy atom. The molecule has 1 aliphatic rings. The first-order valence-corrected chi connectivity index (χ1v) is 9.64. The van der Waals surface area contributed by atoms with E-state index >= 15 is 0 Å². The first-order valence-electron chi connectivity index (χ1n) is 9.64. The summed E-state index contributed by atoms with van der Waals surface area (Å²) >= 11 is 0. The highest BCUT2D eigenvalue weighted by atomic mass is 19.1. The lowest BCUT2D eigenvalue weighted by Gasteiger charge is -2.24. The average molecular weight is 394 g/mol. The number of aliphatic hydroxyl groups is 1. The van der Waals surface area contributed by atoms with Gasteiger partial charge in [0.25, 0.3) is 5.91 Å². The third-order valence-corrected chi connectivity index (χ3v) is 5.38. The second-order valence-corrected chi connectivity index (χ2v) is 7.35. The molecule has 1 aliphatic heterocycles. The zero-order valence-electron chi connectivity index (χ0n) is 16.2. The van der Waals surface area contributed by atoms with Crippen LogP contribution >= 0.6 is 0 Å². The topological polar surface area (TPSA) is 65.7 Å². The summed E-state index contributed by atoms with van der Waals surface area (Å²) in [5, 5.41) is 12.0. The van der Waals surface area contributed by atoms with Crippen molar-refractivity contribution in [1.82, 2.24) is 5.32 Å². The Morgan fingerprint density at radius 1 is 1.24 bits per heavy atom. The van der Waals surface area contributed by atoms with E-state index in [0.717, 1.165) is 12.0 Å². The highest BCUT2D eigenvalue weighted by Crippen LogP contribution is 2.33. The molecule has 0 bridgehead atoms. The van der Waals surface area contributed by atoms with E-state index < -0.39 is 5.82 Å². The van der Waals surface area contributed by atoms with E-state index in [1.165, 1.54) is 23.6 Å². The van der Waals surface area contributed by atoms with Crippen LogP contribution in [0.4, 0.5) is 10.1 Å². The summed E-state index contributed by atoms with van der Waals surface area (Å²) in [5.41, 5.74) is 4.23. The molecule has 2 aromatic carbocycles. The van der Waals surface area contributed by atoms with Crippen molar-refractivity contribution in [1.29, 1.82) is 0 Å². The van der Waals surface area contributed by atoms with Crippen molar-refractivity contribution in [2.45, 2.75) is 39.1 Å². The smallest absolute Gasteiger partial charge is 0.287 e. The first-order chi connectivity index (χ1) is 14.1. The van der Waals surface area contributed by atoms with Crippen LogP contribution in [0.2, 0.25) is 0 Å². The van der Waals surface area contributed by atoms with Crippen molar-refractivity contribution in [3.05, 3.63) is 88.6 Å². The number of benzene rings is 2. The minimum atomic E-state index is -0.462. The molecule has 1 atom stereocenters. The van der Waals surface area contributed by atoms with E-state index in [4.69, 9.17) is 4.42 Å². The lowest BCUT2D eigenvalue weighted by atomic mass is 10.1. The number of carbonyl (C=O) groups is 1. The van der Waals surface area contributed by atoms with Crippen LogP contribution in [0.5, 0.6) is 0 Å². The van der Waals surface area contributed by atoms with E-state index in [0.29, 0.717) is 18.2 Å². The number of rotatable bonds is 6. The van der Waals surface area contributed by atoms with Gasteiger partial charge >= 0.3 is 0 Å². The Kier molecular flexibility index (Phi) is 5.36. The van der Waals surface area contributed by atoms with Gasteiger partial charge in [0.1, 0.15) is 5.82 Å². The second kappa shape index (κ2) is 8.09. The van der Waals surface area contributed by atoms with Gasteiger partial charge in [0.2, 0.25) is 0 Å². The van der Waals surface area contributed by atoms with Crippen molar-refractivity contribution in [2.75, 3.05) is 4.90 Å². The van der Waals surface area contributed by atoms with Gasteiger partial charge < -0.3 is 19.7 Å². The van der Waals surface area contributed by atoms with Crippen LogP contribution in [0.3, 0.4) is 0 Å². The lowest BCUT2D eigenvalue weighted by Crippen LogP contribution is -2.30. The molecule has 1 amide bonds. The molecule has 3 aromatic rings. The Balaban J connectivity index is 1.46. The molecule has 0 spiro atoms. The second-order valence-electron chi connectivity index (χ2n) is 7.35. The van der Waals surface area contributed by atoms with Crippen molar-refractivity contribution >= 4 is 11.6 Å². The molecule has 0 saturated carbocycles. The predicted octanol–water partition coefficient (Wildman–Crippen LogP) is 3.79. The number of hydrogen-bond acceptors (Lipinski definition) is 4. The number of halogens is 1. The van der Waals surface area contributed by atoms with Crippen LogP contribution in [0.1, 0.15) is 39.7 Å². The van der Waals surface area contributed by atoms with Crippen LogP contribution < -0.4 is 10.2 Å². The summed E-state index contributed by atoms with van der Waals surface area (Å²) < 4.78 is 19.0.